The number of nitrogens with one attached hydrogen (secondary N) is 2. The Morgan fingerprint density at radius 2 is 2.00 bits per heavy atom. The molecule has 1 aliphatic rings. The minimum absolute atomic E-state index is 0. The van der Waals surface area contributed by atoms with E-state index in [9.17, 15) is 8.42 Å². The summed E-state index contributed by atoms with van der Waals surface area (Å²) in [5.41, 5.74) is 1.35. The van der Waals surface area contributed by atoms with Gasteiger partial charge in [0.2, 0.25) is 0 Å². The van der Waals surface area contributed by atoms with E-state index in [1.54, 1.807) is 0 Å². The molecule has 0 aromatic heterocycles. The van der Waals surface area contributed by atoms with Crippen LogP contribution in [0.1, 0.15) is 39.2 Å². The highest BCUT2D eigenvalue weighted by atomic mass is 127. The van der Waals surface area contributed by atoms with Gasteiger partial charge in [-0.05, 0) is 45.1 Å². The van der Waals surface area contributed by atoms with Crippen molar-refractivity contribution in [2.45, 2.75) is 52.2 Å². The number of likely N-dealkylation sites (tertiary alicyclic amines) is 1. The molecule has 1 saturated heterocycles. The van der Waals surface area contributed by atoms with Gasteiger partial charge in [-0.3, -0.25) is 9.89 Å². The van der Waals surface area contributed by atoms with Gasteiger partial charge >= 0.3 is 0 Å². The van der Waals surface area contributed by atoms with Crippen LogP contribution in [0.5, 0.6) is 0 Å². The van der Waals surface area contributed by atoms with Gasteiger partial charge in [0.1, 0.15) is 9.84 Å². The summed E-state index contributed by atoms with van der Waals surface area (Å²) < 4.78 is 22.7. The normalized spacial score (nSPS) is 21.4. The van der Waals surface area contributed by atoms with Crippen LogP contribution in [-0.2, 0) is 16.4 Å². The van der Waals surface area contributed by atoms with E-state index in [1.165, 1.54) is 11.8 Å². The quantitative estimate of drug-likeness (QED) is 0.289. The van der Waals surface area contributed by atoms with Crippen LogP contribution in [-0.4, -0.2) is 63.0 Å². The Balaban J connectivity index is 0.00000420. The maximum atomic E-state index is 11.4. The number of hydrogen-bond donors (Lipinski definition) is 2. The predicted molar refractivity (Wildman–Crippen MR) is 133 cm³/mol. The molecule has 166 valence electrons. The third kappa shape index (κ3) is 10.1. The smallest absolute Gasteiger partial charge is 0.191 e. The second kappa shape index (κ2) is 12.7. The molecule has 0 radical (unpaired) electrons. The Bertz CT molecular complexity index is 727. The van der Waals surface area contributed by atoms with Crippen LogP contribution in [0.3, 0.4) is 0 Å². The monoisotopic (exact) mass is 536 g/mol. The topological polar surface area (TPSA) is 73.8 Å². The first-order valence-electron chi connectivity index (χ1n) is 10.3. The van der Waals surface area contributed by atoms with Crippen molar-refractivity contribution >= 4 is 39.8 Å². The summed E-state index contributed by atoms with van der Waals surface area (Å²) in [6.07, 6.45) is 3.01. The molecule has 1 heterocycles. The second-order valence-corrected chi connectivity index (χ2v) is 10.3. The molecular formula is C21H37IN4O2S. The maximum Gasteiger partial charge on any atom is 0.191 e. The van der Waals surface area contributed by atoms with E-state index < -0.39 is 9.84 Å². The van der Waals surface area contributed by atoms with Gasteiger partial charge < -0.3 is 10.6 Å². The molecule has 8 heteroatoms. The van der Waals surface area contributed by atoms with Gasteiger partial charge in [-0.2, -0.15) is 0 Å². The van der Waals surface area contributed by atoms with Crippen LogP contribution in [0, 0.1) is 5.92 Å². The Morgan fingerprint density at radius 3 is 2.62 bits per heavy atom. The van der Waals surface area contributed by atoms with E-state index in [0.29, 0.717) is 18.4 Å². The number of aliphatic imine (C=N–C) groups is 1. The van der Waals surface area contributed by atoms with E-state index in [-0.39, 0.29) is 35.8 Å². The number of nitrogens with zero attached hydrogens (tertiary/aromatic N) is 2. The molecule has 0 spiro atoms. The lowest BCUT2D eigenvalue weighted by molar-refractivity contribution is 0.256. The van der Waals surface area contributed by atoms with Crippen molar-refractivity contribution in [3.05, 3.63) is 35.9 Å². The first kappa shape index (κ1) is 26.2. The van der Waals surface area contributed by atoms with E-state index in [4.69, 9.17) is 4.99 Å². The van der Waals surface area contributed by atoms with Crippen molar-refractivity contribution in [3.8, 4) is 0 Å². The van der Waals surface area contributed by atoms with Crippen molar-refractivity contribution in [3.63, 3.8) is 0 Å². The number of hydrogen-bond acceptors (Lipinski definition) is 4. The highest BCUT2D eigenvalue weighted by Gasteiger charge is 2.28. The van der Waals surface area contributed by atoms with Gasteiger partial charge in [0.15, 0.2) is 5.96 Å². The molecule has 1 aromatic rings. The summed E-state index contributed by atoms with van der Waals surface area (Å²) in [6.45, 7) is 9.94. The molecule has 2 N–H and O–H groups in total. The Labute approximate surface area is 193 Å². The molecule has 2 rings (SSSR count). The fraction of sp³-hybridized carbons (Fsp3) is 0.667. The van der Waals surface area contributed by atoms with Crippen molar-refractivity contribution in [1.29, 1.82) is 0 Å². The Morgan fingerprint density at radius 1 is 1.31 bits per heavy atom. The van der Waals surface area contributed by atoms with Crippen molar-refractivity contribution in [2.75, 3.05) is 31.6 Å². The van der Waals surface area contributed by atoms with Gasteiger partial charge in [0, 0.05) is 44.5 Å². The van der Waals surface area contributed by atoms with E-state index in [1.807, 2.05) is 13.8 Å². The average Bonchev–Trinajstić information content (AvgIpc) is 2.98. The summed E-state index contributed by atoms with van der Waals surface area (Å²) in [5, 5.41) is 6.61. The molecular weight excluding hydrogens is 499 g/mol. The van der Waals surface area contributed by atoms with Crippen molar-refractivity contribution in [1.82, 2.24) is 15.5 Å². The molecule has 0 saturated carbocycles. The summed E-state index contributed by atoms with van der Waals surface area (Å²) in [7, 11) is -2.94. The largest absolute Gasteiger partial charge is 0.357 e. The third-order valence-corrected chi connectivity index (χ3v) is 6.15. The van der Waals surface area contributed by atoms with Gasteiger partial charge in [0.05, 0.1) is 5.75 Å². The van der Waals surface area contributed by atoms with Crippen molar-refractivity contribution < 1.29 is 8.42 Å². The van der Waals surface area contributed by atoms with E-state index in [0.717, 1.165) is 38.6 Å². The molecule has 0 aliphatic carbocycles. The van der Waals surface area contributed by atoms with Gasteiger partial charge in [-0.25, -0.2) is 8.42 Å². The standard InChI is InChI=1S/C21H36N4O2S.HI/c1-5-22-21(24-17(2)11-12-28(4,26)27)23-14-20-13-18(3)25(16-20)15-19-9-7-6-8-10-19;/h6-10,17-18,20H,5,11-16H2,1-4H3,(H2,22,23,24);1H. The molecule has 0 amide bonds. The Hall–Kier alpha value is -0.870. The first-order chi connectivity index (χ1) is 13.3. The summed E-state index contributed by atoms with van der Waals surface area (Å²) in [6, 6.07) is 11.2. The summed E-state index contributed by atoms with van der Waals surface area (Å²) >= 11 is 0. The molecule has 3 atom stereocenters. The van der Waals surface area contributed by atoms with Gasteiger partial charge in [0.25, 0.3) is 0 Å². The van der Waals surface area contributed by atoms with Crippen LogP contribution in [0.4, 0.5) is 0 Å². The molecule has 1 aliphatic heterocycles. The number of guanidine groups is 1. The average molecular weight is 537 g/mol. The molecule has 1 aromatic carbocycles. The van der Waals surface area contributed by atoms with Crippen LogP contribution in [0.15, 0.2) is 35.3 Å². The molecule has 29 heavy (non-hydrogen) atoms. The predicted octanol–water partition coefficient (Wildman–Crippen LogP) is 2.89. The third-order valence-electron chi connectivity index (χ3n) is 5.18. The SMILES string of the molecule is CCNC(=NCC1CC(C)N(Cc2ccccc2)C1)NC(C)CCS(C)(=O)=O.I. The number of halogens is 1. The highest BCUT2D eigenvalue weighted by molar-refractivity contribution is 14.0. The van der Waals surface area contributed by atoms with Crippen LogP contribution in [0.25, 0.3) is 0 Å². The fourth-order valence-electron chi connectivity index (χ4n) is 3.63. The number of sulfone groups is 1. The Kier molecular flexibility index (Phi) is 11.5. The summed E-state index contributed by atoms with van der Waals surface area (Å²) in [4.78, 5) is 7.31. The van der Waals surface area contributed by atoms with Crippen LogP contribution < -0.4 is 10.6 Å². The zero-order chi connectivity index (χ0) is 20.6. The second-order valence-electron chi connectivity index (χ2n) is 8.05. The zero-order valence-corrected chi connectivity index (χ0v) is 21.2. The van der Waals surface area contributed by atoms with Crippen LogP contribution >= 0.6 is 24.0 Å². The zero-order valence-electron chi connectivity index (χ0n) is 18.1. The minimum Gasteiger partial charge on any atom is -0.357 e. The lowest BCUT2D eigenvalue weighted by Gasteiger charge is -2.21. The number of benzene rings is 1. The van der Waals surface area contributed by atoms with Crippen LogP contribution in [0.2, 0.25) is 0 Å². The first-order valence-corrected chi connectivity index (χ1v) is 12.3. The van der Waals surface area contributed by atoms with Gasteiger partial charge in [-0.15, -0.1) is 24.0 Å². The minimum atomic E-state index is -2.94. The fourth-order valence-corrected chi connectivity index (χ4v) is 4.41. The van der Waals surface area contributed by atoms with E-state index in [2.05, 4.69) is 52.8 Å². The molecule has 1 fully saturated rings. The highest BCUT2D eigenvalue weighted by Crippen LogP contribution is 2.25. The lowest BCUT2D eigenvalue weighted by atomic mass is 10.1. The lowest BCUT2D eigenvalue weighted by Crippen LogP contribution is -2.43. The maximum absolute atomic E-state index is 11.4. The van der Waals surface area contributed by atoms with Crippen molar-refractivity contribution in [2.24, 2.45) is 10.9 Å². The summed E-state index contributed by atoms with van der Waals surface area (Å²) in [5.74, 6) is 1.51. The van der Waals surface area contributed by atoms with Gasteiger partial charge in [-0.1, -0.05) is 30.3 Å². The van der Waals surface area contributed by atoms with E-state index >= 15 is 0 Å². The molecule has 3 unspecified atom stereocenters. The number of rotatable bonds is 9. The molecule has 0 bridgehead atoms. The molecule has 6 nitrogen and oxygen atoms in total.